The van der Waals surface area contributed by atoms with Crippen LogP contribution in [0.1, 0.15) is 59.3 Å². The van der Waals surface area contributed by atoms with Crippen molar-refractivity contribution < 1.29 is 52.2 Å². The van der Waals surface area contributed by atoms with Gasteiger partial charge in [-0.15, -0.1) is 0 Å². The van der Waals surface area contributed by atoms with E-state index in [9.17, 15) is 4.79 Å². The molecule has 3 saturated heterocycles. The van der Waals surface area contributed by atoms with Gasteiger partial charge in [-0.2, -0.15) is 0 Å². The van der Waals surface area contributed by atoms with E-state index in [1.165, 1.54) is 25.0 Å². The summed E-state index contributed by atoms with van der Waals surface area (Å²) in [4.78, 5) is 12.6. The molecule has 1 unspecified atom stereocenters. The Balaban J connectivity index is 0.00000306. The summed E-state index contributed by atoms with van der Waals surface area (Å²) < 4.78 is 25.1. The standard InChI is InChI=1S/C25H42N2O5.HI/c1-17(2)9-10-20-24(3,32-20)22-21(29-6)19(11-13-25(22)16-30-25)31-23(28)26-14-12-18-8-7-15-27(18,4)5;/h9,18-22H,7-8,10-16H2,1-6H3;1H/t18?,19-,20-,21-,22+,24+,25+;/m1./s1. The van der Waals surface area contributed by atoms with Crippen LogP contribution in [0.15, 0.2) is 11.6 Å². The first-order valence-electron chi connectivity index (χ1n) is 12.4. The molecule has 1 N–H and O–H groups in total. The first-order valence-corrected chi connectivity index (χ1v) is 12.4. The lowest BCUT2D eigenvalue weighted by molar-refractivity contribution is -0.902. The van der Waals surface area contributed by atoms with Crippen molar-refractivity contribution in [2.45, 2.75) is 94.9 Å². The molecule has 3 heterocycles. The fraction of sp³-hybridized carbons (Fsp3) is 0.880. The predicted molar refractivity (Wildman–Crippen MR) is 122 cm³/mol. The van der Waals surface area contributed by atoms with E-state index >= 15 is 0 Å². The van der Waals surface area contributed by atoms with Crippen molar-refractivity contribution in [1.82, 2.24) is 5.32 Å². The van der Waals surface area contributed by atoms with Crippen molar-refractivity contribution in [2.24, 2.45) is 5.92 Å². The molecule has 8 heteroatoms. The summed E-state index contributed by atoms with van der Waals surface area (Å²) in [6, 6.07) is 0.609. The second-order valence-electron chi connectivity index (χ2n) is 11.3. The molecule has 1 saturated carbocycles. The minimum Gasteiger partial charge on any atom is -1.00 e. The van der Waals surface area contributed by atoms with E-state index in [0.717, 1.165) is 36.8 Å². The number of hydrogen-bond acceptors (Lipinski definition) is 5. The number of likely N-dealkylation sites (tertiary alicyclic amines) is 1. The Morgan fingerprint density at radius 3 is 2.58 bits per heavy atom. The second kappa shape index (κ2) is 10.3. The summed E-state index contributed by atoms with van der Waals surface area (Å²) in [5.74, 6) is 0.0544. The third-order valence-corrected chi connectivity index (χ3v) is 8.50. The summed E-state index contributed by atoms with van der Waals surface area (Å²) >= 11 is 0. The molecular weight excluding hydrogens is 535 g/mol. The van der Waals surface area contributed by atoms with E-state index in [2.05, 4.69) is 46.3 Å². The first kappa shape index (κ1) is 27.2. The first-order chi connectivity index (χ1) is 15.1. The van der Waals surface area contributed by atoms with E-state index in [1.54, 1.807) is 7.11 Å². The Morgan fingerprint density at radius 1 is 1.27 bits per heavy atom. The van der Waals surface area contributed by atoms with Gasteiger partial charge in [-0.25, -0.2) is 4.79 Å². The molecule has 0 radical (unpaired) electrons. The molecule has 1 amide bonds. The number of nitrogens with zero attached hydrogens (tertiary/aromatic N) is 1. The van der Waals surface area contributed by atoms with Gasteiger partial charge in [0.1, 0.15) is 23.4 Å². The largest absolute Gasteiger partial charge is 1.00 e. The molecule has 33 heavy (non-hydrogen) atoms. The molecule has 0 aromatic rings. The topological polar surface area (TPSA) is 72.6 Å². The molecule has 4 aliphatic rings. The Bertz CT molecular complexity index is 736. The monoisotopic (exact) mass is 578 g/mol. The predicted octanol–water partition coefficient (Wildman–Crippen LogP) is 0.422. The highest BCUT2D eigenvalue weighted by molar-refractivity contribution is 5.67. The smallest absolute Gasteiger partial charge is 0.407 e. The second-order valence-corrected chi connectivity index (χ2v) is 11.3. The number of carbonyl (C=O) groups is 1. The molecule has 0 aromatic heterocycles. The summed E-state index contributed by atoms with van der Waals surface area (Å²) in [6.07, 6.45) is 7.52. The van der Waals surface area contributed by atoms with E-state index in [4.69, 9.17) is 18.9 Å². The van der Waals surface area contributed by atoms with Crippen LogP contribution in [0, 0.1) is 5.92 Å². The van der Waals surface area contributed by atoms with Crippen molar-refractivity contribution in [3.05, 3.63) is 11.6 Å². The Labute approximate surface area is 216 Å². The molecule has 190 valence electrons. The van der Waals surface area contributed by atoms with Gasteiger partial charge < -0.3 is 52.7 Å². The number of halogens is 1. The van der Waals surface area contributed by atoms with Crippen LogP contribution >= 0.6 is 0 Å². The fourth-order valence-electron chi connectivity index (χ4n) is 6.35. The van der Waals surface area contributed by atoms with E-state index < -0.39 is 0 Å². The Morgan fingerprint density at radius 2 is 2.00 bits per heavy atom. The van der Waals surface area contributed by atoms with Crippen LogP contribution in [0.2, 0.25) is 0 Å². The van der Waals surface area contributed by atoms with Gasteiger partial charge >= 0.3 is 6.09 Å². The third-order valence-electron chi connectivity index (χ3n) is 8.50. The number of epoxide rings is 2. The number of allylic oxidation sites excluding steroid dienone is 1. The lowest BCUT2D eigenvalue weighted by atomic mass is 9.68. The minimum atomic E-state index is -0.338. The highest BCUT2D eigenvalue weighted by Crippen LogP contribution is 2.59. The molecule has 1 spiro atoms. The normalized spacial score (nSPS) is 40.6. The van der Waals surface area contributed by atoms with Gasteiger partial charge in [-0.3, -0.25) is 0 Å². The number of nitrogens with one attached hydrogen (secondary N) is 1. The zero-order chi connectivity index (χ0) is 23.1. The molecule has 7 nitrogen and oxygen atoms in total. The van der Waals surface area contributed by atoms with E-state index in [1.807, 2.05) is 0 Å². The van der Waals surface area contributed by atoms with Gasteiger partial charge in [-0.1, -0.05) is 11.6 Å². The van der Waals surface area contributed by atoms with Gasteiger partial charge in [-0.05, 0) is 40.0 Å². The SMILES string of the molecule is CO[C@H]1[C@@H]([C@@]2(C)O[C@@H]2CC=C(C)C)[C@]2(CC[C@H]1OC(=O)NCCC1CCC[N+]1(C)C)CO2.[I-]. The maximum Gasteiger partial charge on any atom is 0.407 e. The van der Waals surface area contributed by atoms with Crippen LogP contribution in [0.5, 0.6) is 0 Å². The number of ether oxygens (including phenoxy) is 4. The molecule has 1 aliphatic carbocycles. The highest BCUT2D eigenvalue weighted by atomic mass is 127. The summed E-state index contributed by atoms with van der Waals surface area (Å²) in [7, 11) is 6.27. The van der Waals surface area contributed by atoms with Crippen molar-refractivity contribution in [3.63, 3.8) is 0 Å². The molecule has 0 aromatic carbocycles. The fourth-order valence-corrected chi connectivity index (χ4v) is 6.35. The average Bonchev–Trinajstić information content (AvgIpc) is 3.60. The molecule has 4 fully saturated rings. The number of alkyl carbamates (subject to hydrolysis) is 1. The zero-order valence-corrected chi connectivity index (χ0v) is 23.4. The zero-order valence-electron chi connectivity index (χ0n) is 21.2. The molecule has 4 rings (SSSR count). The molecule has 7 atom stereocenters. The van der Waals surface area contributed by atoms with E-state index in [-0.39, 0.29) is 65.5 Å². The van der Waals surface area contributed by atoms with Crippen LogP contribution in [-0.4, -0.2) is 87.0 Å². The average molecular weight is 579 g/mol. The van der Waals surface area contributed by atoms with Gasteiger partial charge in [0.05, 0.1) is 45.3 Å². The number of methoxy groups -OCH3 is 1. The van der Waals surface area contributed by atoms with E-state index in [0.29, 0.717) is 12.6 Å². The Kier molecular flexibility index (Phi) is 8.47. The number of carbonyl (C=O) groups excluding carboxylic acids is 1. The van der Waals surface area contributed by atoms with Crippen LogP contribution in [0.3, 0.4) is 0 Å². The highest BCUT2D eigenvalue weighted by Gasteiger charge is 2.72. The molecule has 0 bridgehead atoms. The summed E-state index contributed by atoms with van der Waals surface area (Å²) in [5.41, 5.74) is 0.787. The van der Waals surface area contributed by atoms with Gasteiger partial charge in [0, 0.05) is 32.9 Å². The quantitative estimate of drug-likeness (QED) is 0.196. The summed E-state index contributed by atoms with van der Waals surface area (Å²) in [5, 5.41) is 2.99. The van der Waals surface area contributed by atoms with Crippen LogP contribution in [0.25, 0.3) is 0 Å². The maximum absolute atomic E-state index is 12.6. The minimum absolute atomic E-state index is 0. The molecule has 3 aliphatic heterocycles. The number of quaternary nitrogens is 1. The van der Waals surface area contributed by atoms with Crippen molar-refractivity contribution in [1.29, 1.82) is 0 Å². The number of hydrogen-bond donors (Lipinski definition) is 1. The number of amides is 1. The van der Waals surface area contributed by atoms with Crippen LogP contribution < -0.4 is 29.3 Å². The Hall–Kier alpha value is -0.420. The van der Waals surface area contributed by atoms with Crippen LogP contribution in [0.4, 0.5) is 4.79 Å². The summed E-state index contributed by atoms with van der Waals surface area (Å²) in [6.45, 7) is 8.99. The third kappa shape index (κ3) is 5.71. The van der Waals surface area contributed by atoms with Crippen LogP contribution in [-0.2, 0) is 18.9 Å². The van der Waals surface area contributed by atoms with Gasteiger partial charge in [0.15, 0.2) is 0 Å². The molecular formula is C25H43IN2O5. The maximum atomic E-state index is 12.6. The number of rotatable bonds is 8. The lowest BCUT2D eigenvalue weighted by Gasteiger charge is -2.42. The van der Waals surface area contributed by atoms with Crippen molar-refractivity contribution in [3.8, 4) is 0 Å². The van der Waals surface area contributed by atoms with Gasteiger partial charge in [0.25, 0.3) is 0 Å². The van der Waals surface area contributed by atoms with Gasteiger partial charge in [0.2, 0.25) is 0 Å². The lowest BCUT2D eigenvalue weighted by Crippen LogP contribution is -3.00. The van der Waals surface area contributed by atoms with Crippen molar-refractivity contribution >= 4 is 6.09 Å². The van der Waals surface area contributed by atoms with Crippen molar-refractivity contribution in [2.75, 3.05) is 40.9 Å².